The van der Waals surface area contributed by atoms with Crippen molar-refractivity contribution in [2.75, 3.05) is 0 Å². The van der Waals surface area contributed by atoms with Crippen LogP contribution in [0.5, 0.6) is 0 Å². The number of rotatable bonds is 3. The molecule has 0 heteroatoms. The molecule has 3 aliphatic carbocycles. The summed E-state index contributed by atoms with van der Waals surface area (Å²) in [5, 5.41) is 0. The van der Waals surface area contributed by atoms with Crippen molar-refractivity contribution in [1.29, 1.82) is 0 Å². The molecule has 110 valence electrons. The predicted molar refractivity (Wildman–Crippen MR) is 83.1 cm³/mol. The number of hydrogen-bond acceptors (Lipinski definition) is 0. The summed E-state index contributed by atoms with van der Waals surface area (Å²) in [4.78, 5) is 0. The first kappa shape index (κ1) is 14.0. The van der Waals surface area contributed by atoms with E-state index in [9.17, 15) is 0 Å². The van der Waals surface area contributed by atoms with Crippen molar-refractivity contribution >= 4 is 0 Å². The minimum absolute atomic E-state index is 0.678. The molecule has 3 rings (SSSR count). The van der Waals surface area contributed by atoms with Gasteiger partial charge < -0.3 is 0 Å². The Morgan fingerprint density at radius 2 is 1.26 bits per heavy atom. The lowest BCUT2D eigenvalue weighted by molar-refractivity contribution is 0.0571. The Kier molecular flexibility index (Phi) is 4.25. The molecule has 0 nitrogen and oxygen atoms in total. The summed E-state index contributed by atoms with van der Waals surface area (Å²) in [5.74, 6) is 4.35. The predicted octanol–water partition coefficient (Wildman–Crippen LogP) is 6.20. The second-order valence-corrected chi connectivity index (χ2v) is 8.17. The maximum Gasteiger partial charge on any atom is -0.0272 e. The van der Waals surface area contributed by atoms with E-state index >= 15 is 0 Å². The summed E-state index contributed by atoms with van der Waals surface area (Å²) in [6, 6.07) is 0. The molecule has 3 saturated carbocycles. The van der Waals surface area contributed by atoms with Crippen molar-refractivity contribution in [2.24, 2.45) is 29.1 Å². The molecule has 0 bridgehead atoms. The second kappa shape index (κ2) is 5.78. The van der Waals surface area contributed by atoms with Gasteiger partial charge in [0.25, 0.3) is 0 Å². The van der Waals surface area contributed by atoms with Crippen LogP contribution in [0.3, 0.4) is 0 Å². The van der Waals surface area contributed by atoms with Crippen molar-refractivity contribution in [3.63, 3.8) is 0 Å². The first-order valence-electron chi connectivity index (χ1n) is 9.24. The van der Waals surface area contributed by atoms with Gasteiger partial charge in [0, 0.05) is 0 Å². The second-order valence-electron chi connectivity index (χ2n) is 8.17. The first-order chi connectivity index (χ1) is 9.24. The summed E-state index contributed by atoms with van der Waals surface area (Å²) >= 11 is 0. The van der Waals surface area contributed by atoms with Gasteiger partial charge >= 0.3 is 0 Å². The summed E-state index contributed by atoms with van der Waals surface area (Å²) in [5.41, 5.74) is 0.678. The van der Waals surface area contributed by atoms with Crippen molar-refractivity contribution in [3.05, 3.63) is 0 Å². The Hall–Kier alpha value is 0. The molecule has 0 aromatic rings. The zero-order valence-electron chi connectivity index (χ0n) is 13.3. The molecule has 19 heavy (non-hydrogen) atoms. The highest BCUT2D eigenvalue weighted by Crippen LogP contribution is 2.56. The molecule has 0 aromatic heterocycles. The molecular weight excluding hydrogens is 228 g/mol. The average Bonchev–Trinajstić information content (AvgIpc) is 2.92. The summed E-state index contributed by atoms with van der Waals surface area (Å²) in [6.07, 6.45) is 18.4. The smallest absolute Gasteiger partial charge is 0.0272 e. The lowest BCUT2D eigenvalue weighted by Gasteiger charge is -2.44. The van der Waals surface area contributed by atoms with E-state index in [1.807, 2.05) is 0 Å². The monoisotopic (exact) mass is 262 g/mol. The van der Waals surface area contributed by atoms with E-state index in [4.69, 9.17) is 0 Å². The third-order valence-corrected chi connectivity index (χ3v) is 7.47. The van der Waals surface area contributed by atoms with Crippen molar-refractivity contribution in [2.45, 2.75) is 90.9 Å². The van der Waals surface area contributed by atoms with Crippen LogP contribution in [0.1, 0.15) is 90.9 Å². The van der Waals surface area contributed by atoms with Crippen LogP contribution in [-0.4, -0.2) is 0 Å². The normalized spacial score (nSPS) is 39.8. The van der Waals surface area contributed by atoms with E-state index in [1.54, 1.807) is 25.7 Å². The quantitative estimate of drug-likeness (QED) is 0.568. The van der Waals surface area contributed by atoms with E-state index in [1.165, 1.54) is 51.4 Å². The van der Waals surface area contributed by atoms with Gasteiger partial charge in [0.2, 0.25) is 0 Å². The Balaban J connectivity index is 1.70. The van der Waals surface area contributed by atoms with Crippen LogP contribution in [0.25, 0.3) is 0 Å². The zero-order chi connectivity index (χ0) is 13.3. The number of hydrogen-bond donors (Lipinski definition) is 0. The van der Waals surface area contributed by atoms with Gasteiger partial charge in [0.15, 0.2) is 0 Å². The van der Waals surface area contributed by atoms with Crippen LogP contribution in [-0.2, 0) is 0 Å². The number of fused-ring (bicyclic) bond motifs is 1. The van der Waals surface area contributed by atoms with Crippen LogP contribution < -0.4 is 0 Å². The van der Waals surface area contributed by atoms with Gasteiger partial charge in [-0.05, 0) is 54.8 Å². The molecule has 0 heterocycles. The Bertz CT molecular complexity index is 274. The standard InChI is InChI=1S/C19H34/c1-3-19(2,17-11-5-4-6-12-17)18-13-15-9-7-8-10-16(15)14-18/h15-18H,3-14H2,1-2H3. The Morgan fingerprint density at radius 1 is 0.737 bits per heavy atom. The lowest BCUT2D eigenvalue weighted by atomic mass is 9.61. The molecule has 0 amide bonds. The Morgan fingerprint density at radius 3 is 1.79 bits per heavy atom. The summed E-state index contributed by atoms with van der Waals surface area (Å²) < 4.78 is 0. The van der Waals surface area contributed by atoms with E-state index in [-0.39, 0.29) is 0 Å². The van der Waals surface area contributed by atoms with Crippen molar-refractivity contribution < 1.29 is 0 Å². The molecule has 3 unspecified atom stereocenters. The molecule has 3 fully saturated rings. The third-order valence-electron chi connectivity index (χ3n) is 7.47. The van der Waals surface area contributed by atoms with Crippen molar-refractivity contribution in [1.82, 2.24) is 0 Å². The van der Waals surface area contributed by atoms with Gasteiger partial charge in [-0.15, -0.1) is 0 Å². The molecule has 0 spiro atoms. The van der Waals surface area contributed by atoms with Gasteiger partial charge in [-0.1, -0.05) is 65.2 Å². The van der Waals surface area contributed by atoms with E-state index in [0.29, 0.717) is 5.41 Å². The van der Waals surface area contributed by atoms with Gasteiger partial charge in [0.1, 0.15) is 0 Å². The zero-order valence-corrected chi connectivity index (χ0v) is 13.3. The molecule has 0 N–H and O–H groups in total. The lowest BCUT2D eigenvalue weighted by Crippen LogP contribution is -2.35. The fraction of sp³-hybridized carbons (Fsp3) is 1.00. The van der Waals surface area contributed by atoms with Crippen LogP contribution in [0.15, 0.2) is 0 Å². The van der Waals surface area contributed by atoms with Crippen LogP contribution in [0.4, 0.5) is 0 Å². The van der Waals surface area contributed by atoms with Crippen LogP contribution in [0, 0.1) is 29.1 Å². The molecule has 0 saturated heterocycles. The van der Waals surface area contributed by atoms with Crippen molar-refractivity contribution in [3.8, 4) is 0 Å². The summed E-state index contributed by atoms with van der Waals surface area (Å²) in [7, 11) is 0. The molecule has 3 aliphatic rings. The van der Waals surface area contributed by atoms with E-state index < -0.39 is 0 Å². The molecule has 0 radical (unpaired) electrons. The van der Waals surface area contributed by atoms with E-state index in [0.717, 1.165) is 23.7 Å². The molecule has 0 aliphatic heterocycles. The largest absolute Gasteiger partial charge is 0.0648 e. The maximum absolute atomic E-state index is 2.67. The highest BCUT2D eigenvalue weighted by atomic mass is 14.5. The minimum atomic E-state index is 0.678. The van der Waals surface area contributed by atoms with E-state index in [2.05, 4.69) is 13.8 Å². The third kappa shape index (κ3) is 2.61. The Labute approximate surface area is 120 Å². The molecular formula is C19H34. The highest BCUT2D eigenvalue weighted by molar-refractivity contribution is 4.96. The maximum atomic E-state index is 2.67. The highest BCUT2D eigenvalue weighted by Gasteiger charge is 2.46. The molecule has 3 atom stereocenters. The fourth-order valence-corrected chi connectivity index (χ4v) is 5.94. The molecule has 0 aromatic carbocycles. The SMILES string of the molecule is CCC(C)(C1CCCCC1)C1CC2CCCCC2C1. The van der Waals surface area contributed by atoms with Gasteiger partial charge in [0.05, 0.1) is 0 Å². The van der Waals surface area contributed by atoms with Gasteiger partial charge in [-0.25, -0.2) is 0 Å². The minimum Gasteiger partial charge on any atom is -0.0648 e. The van der Waals surface area contributed by atoms with Gasteiger partial charge in [-0.2, -0.15) is 0 Å². The van der Waals surface area contributed by atoms with Gasteiger partial charge in [-0.3, -0.25) is 0 Å². The summed E-state index contributed by atoms with van der Waals surface area (Å²) in [6.45, 7) is 5.15. The average molecular weight is 262 g/mol. The fourth-order valence-electron chi connectivity index (χ4n) is 5.94. The van der Waals surface area contributed by atoms with Crippen LogP contribution >= 0.6 is 0 Å². The topological polar surface area (TPSA) is 0 Å². The van der Waals surface area contributed by atoms with Crippen LogP contribution in [0.2, 0.25) is 0 Å². The first-order valence-corrected chi connectivity index (χ1v) is 9.24.